The van der Waals surface area contributed by atoms with Crippen molar-refractivity contribution in [3.63, 3.8) is 0 Å². The fraction of sp³-hybridized carbons (Fsp3) is 0.594. The zero-order chi connectivity index (χ0) is 25.4. The number of nitrogens with zero attached hydrogens (tertiary/aromatic N) is 1. The van der Waals surface area contributed by atoms with Crippen molar-refractivity contribution in [1.82, 2.24) is 15.5 Å². The van der Waals surface area contributed by atoms with Gasteiger partial charge in [-0.05, 0) is 68.1 Å². The fourth-order valence-corrected chi connectivity index (χ4v) is 8.14. The van der Waals surface area contributed by atoms with Crippen LogP contribution in [0, 0.1) is 17.7 Å². The number of amides is 1. The summed E-state index contributed by atoms with van der Waals surface area (Å²) in [5.41, 5.74) is 2.71. The number of likely N-dealkylation sites (tertiary alicyclic amines) is 1. The van der Waals surface area contributed by atoms with Gasteiger partial charge in [-0.15, -0.1) is 0 Å². The minimum Gasteiger partial charge on any atom is -0.339 e. The highest BCUT2D eigenvalue weighted by Crippen LogP contribution is 2.45. The zero-order valence-corrected chi connectivity index (χ0v) is 22.2. The molecule has 2 aromatic rings. The average molecular weight is 504 g/mol. The molecule has 4 aliphatic rings. The molecule has 1 spiro atoms. The van der Waals surface area contributed by atoms with Crippen molar-refractivity contribution in [2.45, 2.75) is 81.7 Å². The molecule has 6 rings (SSSR count). The first-order chi connectivity index (χ1) is 18.1. The molecule has 3 fully saturated rings. The average Bonchev–Trinajstić information content (AvgIpc) is 3.30. The Morgan fingerprint density at radius 1 is 1.00 bits per heavy atom. The van der Waals surface area contributed by atoms with Crippen molar-refractivity contribution in [2.75, 3.05) is 26.2 Å². The van der Waals surface area contributed by atoms with Gasteiger partial charge in [0.2, 0.25) is 5.91 Å². The molecule has 37 heavy (non-hydrogen) atoms. The van der Waals surface area contributed by atoms with Crippen LogP contribution >= 0.6 is 0 Å². The molecule has 1 amide bonds. The van der Waals surface area contributed by atoms with Gasteiger partial charge in [0, 0.05) is 49.2 Å². The Morgan fingerprint density at radius 3 is 2.62 bits per heavy atom. The second-order valence-corrected chi connectivity index (χ2v) is 12.2. The summed E-state index contributed by atoms with van der Waals surface area (Å²) in [6.07, 6.45) is 9.15. The Bertz CT molecular complexity index is 1100. The van der Waals surface area contributed by atoms with Crippen LogP contribution in [-0.2, 0) is 16.6 Å². The molecule has 3 heterocycles. The van der Waals surface area contributed by atoms with Gasteiger partial charge in [0.15, 0.2) is 0 Å². The Morgan fingerprint density at radius 2 is 1.81 bits per heavy atom. The molecule has 198 valence electrons. The lowest BCUT2D eigenvalue weighted by Gasteiger charge is -2.47. The first kappa shape index (κ1) is 25.1. The van der Waals surface area contributed by atoms with Crippen molar-refractivity contribution in [2.24, 2.45) is 11.8 Å². The predicted molar refractivity (Wildman–Crippen MR) is 146 cm³/mol. The van der Waals surface area contributed by atoms with Gasteiger partial charge in [-0.1, -0.05) is 61.7 Å². The Kier molecular flexibility index (Phi) is 7.11. The van der Waals surface area contributed by atoms with E-state index in [0.717, 1.165) is 36.9 Å². The molecule has 3 aliphatic heterocycles. The van der Waals surface area contributed by atoms with Gasteiger partial charge in [-0.25, -0.2) is 4.39 Å². The fourth-order valence-electron chi connectivity index (χ4n) is 8.14. The molecular weight excluding hydrogens is 461 g/mol. The molecule has 2 saturated heterocycles. The number of carbonyl (C=O) groups excluding carboxylic acids is 1. The maximum Gasteiger partial charge on any atom is 0.228 e. The number of hydrogen-bond acceptors (Lipinski definition) is 3. The molecular formula is C32H42FN3O. The number of nitrogens with one attached hydrogen (secondary N) is 2. The first-order valence-electron chi connectivity index (χ1n) is 14.6. The summed E-state index contributed by atoms with van der Waals surface area (Å²) in [5, 5.41) is 7.20. The molecule has 1 saturated carbocycles. The summed E-state index contributed by atoms with van der Waals surface area (Å²) in [4.78, 5) is 16.9. The van der Waals surface area contributed by atoms with E-state index in [1.807, 2.05) is 6.07 Å². The number of hydrogen-bond donors (Lipinski definition) is 2. The summed E-state index contributed by atoms with van der Waals surface area (Å²) >= 11 is 0. The summed E-state index contributed by atoms with van der Waals surface area (Å²) in [7, 11) is 0. The summed E-state index contributed by atoms with van der Waals surface area (Å²) < 4.78 is 15.6. The number of piperidine rings is 1. The number of benzene rings is 2. The number of rotatable bonds is 3. The smallest absolute Gasteiger partial charge is 0.228 e. The molecule has 0 radical (unpaired) electrons. The molecule has 2 N–H and O–H groups in total. The summed E-state index contributed by atoms with van der Waals surface area (Å²) in [6.45, 7) is 4.88. The van der Waals surface area contributed by atoms with E-state index in [1.54, 1.807) is 6.07 Å². The van der Waals surface area contributed by atoms with Crippen molar-refractivity contribution in [1.29, 1.82) is 0 Å². The van der Waals surface area contributed by atoms with Gasteiger partial charge in [-0.2, -0.15) is 0 Å². The van der Waals surface area contributed by atoms with Crippen LogP contribution in [-0.4, -0.2) is 49.1 Å². The number of halogens is 1. The van der Waals surface area contributed by atoms with Gasteiger partial charge < -0.3 is 15.5 Å². The van der Waals surface area contributed by atoms with E-state index in [4.69, 9.17) is 0 Å². The van der Waals surface area contributed by atoms with E-state index in [9.17, 15) is 4.79 Å². The highest BCUT2D eigenvalue weighted by atomic mass is 19.1. The lowest BCUT2D eigenvalue weighted by molar-refractivity contribution is -0.142. The Hall–Kier alpha value is -2.24. The highest BCUT2D eigenvalue weighted by Gasteiger charge is 2.53. The summed E-state index contributed by atoms with van der Waals surface area (Å²) in [5.74, 6) is 0.928. The van der Waals surface area contributed by atoms with Crippen LogP contribution in [0.1, 0.15) is 74.5 Å². The second kappa shape index (κ2) is 10.5. The van der Waals surface area contributed by atoms with Crippen molar-refractivity contribution >= 4 is 5.91 Å². The largest absolute Gasteiger partial charge is 0.339 e. The van der Waals surface area contributed by atoms with Crippen LogP contribution in [0.25, 0.3) is 0 Å². The molecule has 1 aliphatic carbocycles. The molecule has 5 atom stereocenters. The van der Waals surface area contributed by atoms with E-state index in [2.05, 4.69) is 58.9 Å². The topological polar surface area (TPSA) is 44.4 Å². The quantitative estimate of drug-likeness (QED) is 0.607. The predicted octanol–water partition coefficient (Wildman–Crippen LogP) is 5.17. The van der Waals surface area contributed by atoms with E-state index in [1.165, 1.54) is 37.7 Å². The molecule has 0 aromatic heterocycles. The van der Waals surface area contributed by atoms with Gasteiger partial charge >= 0.3 is 0 Å². The Labute approximate surface area is 221 Å². The van der Waals surface area contributed by atoms with Crippen molar-refractivity contribution in [3.05, 3.63) is 71.0 Å². The van der Waals surface area contributed by atoms with Crippen LogP contribution in [0.4, 0.5) is 4.39 Å². The molecule has 0 bridgehead atoms. The van der Waals surface area contributed by atoms with Gasteiger partial charge in [0.05, 0.1) is 5.92 Å². The van der Waals surface area contributed by atoms with Crippen molar-refractivity contribution < 1.29 is 9.18 Å². The second-order valence-electron chi connectivity index (χ2n) is 12.2. The molecule has 5 heteroatoms. The molecule has 4 nitrogen and oxygen atoms in total. The third-order valence-corrected chi connectivity index (χ3v) is 10.0. The van der Waals surface area contributed by atoms with Crippen molar-refractivity contribution in [3.8, 4) is 0 Å². The number of fused-ring (bicyclic) bond motifs is 2. The molecule has 0 unspecified atom stereocenters. The standard InChI is InChI=1S/C32H42FN3O/c1-22-17-26-13-8-14-28(33)30(26)32(21-35-22)20-34-19-27(32)31(37)36-16-15-25(23-9-4-2-5-10-23)18-29(36)24-11-6-3-7-12-24/h2,4-5,8-10,13-14,22,24-25,27,29,34-35H,3,6-7,11-12,15-21H2,1H3/t22-,25-,27+,29+,32+/m1/s1. The zero-order valence-electron chi connectivity index (χ0n) is 22.2. The monoisotopic (exact) mass is 503 g/mol. The van der Waals surface area contributed by atoms with Crippen LogP contribution in [0.2, 0.25) is 0 Å². The highest BCUT2D eigenvalue weighted by molar-refractivity contribution is 5.82. The van der Waals surface area contributed by atoms with Gasteiger partial charge in [0.25, 0.3) is 0 Å². The van der Waals surface area contributed by atoms with Gasteiger partial charge in [-0.3, -0.25) is 4.79 Å². The Balaban J connectivity index is 1.33. The number of carbonyl (C=O) groups is 1. The van der Waals surface area contributed by atoms with Crippen LogP contribution in [0.15, 0.2) is 48.5 Å². The minimum absolute atomic E-state index is 0.151. The van der Waals surface area contributed by atoms with E-state index in [0.29, 0.717) is 31.5 Å². The maximum absolute atomic E-state index is 15.6. The third kappa shape index (κ3) is 4.63. The van der Waals surface area contributed by atoms with Crippen LogP contribution in [0.3, 0.4) is 0 Å². The lowest BCUT2D eigenvalue weighted by atomic mass is 9.69. The molecule has 2 aromatic carbocycles. The summed E-state index contributed by atoms with van der Waals surface area (Å²) in [6, 6.07) is 16.9. The normalized spacial score (nSPS) is 32.8. The maximum atomic E-state index is 15.6. The van der Waals surface area contributed by atoms with E-state index >= 15 is 4.39 Å². The third-order valence-electron chi connectivity index (χ3n) is 10.0. The lowest BCUT2D eigenvalue weighted by Crippen LogP contribution is -2.56. The SMILES string of the molecule is C[C@@H]1Cc2cccc(F)c2[C@@]2(CNC[C@H]2C(=O)N2CC[C@@H](c3ccccc3)C[C@H]2C2CCCCC2)CN1. The minimum atomic E-state index is -0.546. The van der Waals surface area contributed by atoms with Gasteiger partial charge in [0.1, 0.15) is 5.82 Å². The van der Waals surface area contributed by atoms with E-state index in [-0.39, 0.29) is 29.7 Å². The first-order valence-corrected chi connectivity index (χ1v) is 14.6. The van der Waals surface area contributed by atoms with E-state index < -0.39 is 5.41 Å². The van der Waals surface area contributed by atoms with Crippen LogP contribution < -0.4 is 10.6 Å². The van der Waals surface area contributed by atoms with Crippen LogP contribution in [0.5, 0.6) is 0 Å².